The molecule has 114 valence electrons. The second kappa shape index (κ2) is 7.12. The van der Waals surface area contributed by atoms with Crippen molar-refractivity contribution >= 4 is 10.0 Å². The van der Waals surface area contributed by atoms with Crippen LogP contribution < -0.4 is 5.73 Å². The Labute approximate surface area is 119 Å². The van der Waals surface area contributed by atoms with Gasteiger partial charge in [-0.15, -0.1) is 0 Å². The van der Waals surface area contributed by atoms with Crippen LogP contribution in [0.5, 0.6) is 0 Å². The van der Waals surface area contributed by atoms with Gasteiger partial charge < -0.3 is 10.5 Å². The SMILES string of the molecule is CCN(C(C)COC)S(=O)(=O)c1cc(F)ccc1CN. The highest BCUT2D eigenvalue weighted by Crippen LogP contribution is 2.23. The van der Waals surface area contributed by atoms with E-state index in [-0.39, 0.29) is 30.6 Å². The molecule has 0 fully saturated rings. The van der Waals surface area contributed by atoms with Gasteiger partial charge in [-0.2, -0.15) is 4.31 Å². The molecular formula is C13H21FN2O3S. The lowest BCUT2D eigenvalue weighted by Gasteiger charge is -2.27. The summed E-state index contributed by atoms with van der Waals surface area (Å²) in [7, 11) is -2.30. The molecule has 0 saturated heterocycles. The van der Waals surface area contributed by atoms with Gasteiger partial charge in [0.2, 0.25) is 10.0 Å². The van der Waals surface area contributed by atoms with Crippen molar-refractivity contribution in [3.8, 4) is 0 Å². The highest BCUT2D eigenvalue weighted by atomic mass is 32.2. The van der Waals surface area contributed by atoms with Crippen molar-refractivity contribution in [2.24, 2.45) is 5.73 Å². The first-order valence-electron chi connectivity index (χ1n) is 6.37. The van der Waals surface area contributed by atoms with Gasteiger partial charge in [0, 0.05) is 26.2 Å². The Balaban J connectivity index is 3.30. The molecule has 20 heavy (non-hydrogen) atoms. The molecule has 0 aliphatic rings. The van der Waals surface area contributed by atoms with Gasteiger partial charge in [0.25, 0.3) is 0 Å². The van der Waals surface area contributed by atoms with Crippen LogP contribution in [0, 0.1) is 5.82 Å². The van der Waals surface area contributed by atoms with Crippen LogP contribution in [-0.4, -0.2) is 39.0 Å². The Morgan fingerprint density at radius 1 is 1.45 bits per heavy atom. The van der Waals surface area contributed by atoms with Gasteiger partial charge in [-0.3, -0.25) is 0 Å². The molecule has 1 unspecified atom stereocenters. The van der Waals surface area contributed by atoms with Gasteiger partial charge in [0.1, 0.15) is 5.82 Å². The third-order valence-corrected chi connectivity index (χ3v) is 5.22. The van der Waals surface area contributed by atoms with E-state index in [2.05, 4.69) is 0 Å². The highest BCUT2D eigenvalue weighted by Gasteiger charge is 2.29. The van der Waals surface area contributed by atoms with Gasteiger partial charge in [0.15, 0.2) is 0 Å². The summed E-state index contributed by atoms with van der Waals surface area (Å²) in [5.74, 6) is -0.601. The van der Waals surface area contributed by atoms with Gasteiger partial charge >= 0.3 is 0 Å². The fraction of sp³-hybridized carbons (Fsp3) is 0.538. The highest BCUT2D eigenvalue weighted by molar-refractivity contribution is 7.89. The number of ether oxygens (including phenoxy) is 1. The second-order valence-electron chi connectivity index (χ2n) is 4.47. The van der Waals surface area contributed by atoms with Crippen LogP contribution in [0.1, 0.15) is 19.4 Å². The van der Waals surface area contributed by atoms with Gasteiger partial charge in [-0.25, -0.2) is 12.8 Å². The first-order valence-corrected chi connectivity index (χ1v) is 7.81. The van der Waals surface area contributed by atoms with Crippen molar-refractivity contribution in [3.05, 3.63) is 29.6 Å². The third kappa shape index (κ3) is 3.54. The predicted molar refractivity (Wildman–Crippen MR) is 75.2 cm³/mol. The number of likely N-dealkylation sites (N-methyl/N-ethyl adjacent to an activating group) is 1. The fourth-order valence-electron chi connectivity index (χ4n) is 2.11. The molecular weight excluding hydrogens is 283 g/mol. The Morgan fingerprint density at radius 2 is 2.10 bits per heavy atom. The van der Waals surface area contributed by atoms with E-state index in [1.807, 2.05) is 0 Å². The topological polar surface area (TPSA) is 72.6 Å². The van der Waals surface area contributed by atoms with Crippen LogP contribution >= 0.6 is 0 Å². The molecule has 0 aliphatic carbocycles. The summed E-state index contributed by atoms with van der Waals surface area (Å²) in [6.07, 6.45) is 0. The first kappa shape index (κ1) is 17.0. The minimum atomic E-state index is -3.80. The minimum absolute atomic E-state index is 0.0328. The molecule has 0 amide bonds. The number of methoxy groups -OCH3 is 1. The zero-order valence-corrected chi connectivity index (χ0v) is 12.8. The summed E-state index contributed by atoms with van der Waals surface area (Å²) < 4.78 is 45.0. The van der Waals surface area contributed by atoms with E-state index in [9.17, 15) is 12.8 Å². The normalized spacial score (nSPS) is 13.7. The van der Waals surface area contributed by atoms with E-state index < -0.39 is 15.8 Å². The van der Waals surface area contributed by atoms with E-state index in [0.29, 0.717) is 5.56 Å². The van der Waals surface area contributed by atoms with Crippen LogP contribution in [0.2, 0.25) is 0 Å². The van der Waals surface area contributed by atoms with E-state index in [0.717, 1.165) is 6.07 Å². The zero-order valence-electron chi connectivity index (χ0n) is 12.0. The number of sulfonamides is 1. The Morgan fingerprint density at radius 3 is 2.60 bits per heavy atom. The maximum Gasteiger partial charge on any atom is 0.243 e. The summed E-state index contributed by atoms with van der Waals surface area (Å²) in [5, 5.41) is 0. The van der Waals surface area contributed by atoms with Crippen LogP contribution in [0.4, 0.5) is 4.39 Å². The van der Waals surface area contributed by atoms with Crippen molar-refractivity contribution in [2.75, 3.05) is 20.3 Å². The fourth-order valence-corrected chi connectivity index (χ4v) is 3.98. The van der Waals surface area contributed by atoms with E-state index in [1.165, 1.54) is 23.5 Å². The molecule has 0 saturated carbocycles. The summed E-state index contributed by atoms with van der Waals surface area (Å²) >= 11 is 0. The predicted octanol–water partition coefficient (Wildman–Crippen LogP) is 1.33. The monoisotopic (exact) mass is 304 g/mol. The molecule has 1 aromatic carbocycles. The number of benzene rings is 1. The number of nitrogens with two attached hydrogens (primary N) is 1. The summed E-state index contributed by atoms with van der Waals surface area (Å²) in [6.45, 7) is 4.04. The van der Waals surface area contributed by atoms with Crippen LogP contribution in [0.15, 0.2) is 23.1 Å². The quantitative estimate of drug-likeness (QED) is 0.825. The van der Waals surface area contributed by atoms with Crippen LogP contribution in [0.25, 0.3) is 0 Å². The van der Waals surface area contributed by atoms with Crippen molar-refractivity contribution in [3.63, 3.8) is 0 Å². The maximum absolute atomic E-state index is 13.4. The number of hydrogen-bond donors (Lipinski definition) is 1. The Hall–Kier alpha value is -1.02. The average molecular weight is 304 g/mol. The number of nitrogens with zero attached hydrogens (tertiary/aromatic N) is 1. The summed E-state index contributed by atoms with van der Waals surface area (Å²) in [4.78, 5) is -0.0789. The molecule has 0 aromatic heterocycles. The van der Waals surface area contributed by atoms with Gasteiger partial charge in [-0.1, -0.05) is 13.0 Å². The number of halogens is 1. The second-order valence-corrected chi connectivity index (χ2v) is 6.33. The first-order chi connectivity index (χ1) is 9.38. The molecule has 0 radical (unpaired) electrons. The summed E-state index contributed by atoms with van der Waals surface area (Å²) in [6, 6.07) is 3.27. The molecule has 2 N–H and O–H groups in total. The molecule has 1 aromatic rings. The lowest BCUT2D eigenvalue weighted by atomic mass is 10.2. The van der Waals surface area contributed by atoms with Crippen molar-refractivity contribution in [2.45, 2.75) is 31.3 Å². The lowest BCUT2D eigenvalue weighted by molar-refractivity contribution is 0.142. The van der Waals surface area contributed by atoms with E-state index in [4.69, 9.17) is 10.5 Å². The maximum atomic E-state index is 13.4. The van der Waals surface area contributed by atoms with Gasteiger partial charge in [0.05, 0.1) is 11.5 Å². The van der Waals surface area contributed by atoms with Crippen LogP contribution in [0.3, 0.4) is 0 Å². The molecule has 0 heterocycles. The third-order valence-electron chi connectivity index (χ3n) is 3.05. The Kier molecular flexibility index (Phi) is 6.07. The summed E-state index contributed by atoms with van der Waals surface area (Å²) in [5.41, 5.74) is 5.94. The molecule has 1 atom stereocenters. The molecule has 7 heteroatoms. The van der Waals surface area contributed by atoms with Crippen molar-refractivity contribution in [1.82, 2.24) is 4.31 Å². The van der Waals surface area contributed by atoms with Crippen molar-refractivity contribution in [1.29, 1.82) is 0 Å². The number of hydrogen-bond acceptors (Lipinski definition) is 4. The largest absolute Gasteiger partial charge is 0.383 e. The Bertz CT molecular complexity index is 549. The van der Waals surface area contributed by atoms with E-state index >= 15 is 0 Å². The molecule has 0 spiro atoms. The standard InChI is InChI=1S/C13H21FN2O3S/c1-4-16(10(2)9-19-3)20(17,18)13-7-12(14)6-5-11(13)8-15/h5-7,10H,4,8-9,15H2,1-3H3. The van der Waals surface area contributed by atoms with Gasteiger partial charge in [-0.05, 0) is 24.6 Å². The van der Waals surface area contributed by atoms with Crippen LogP contribution in [-0.2, 0) is 21.3 Å². The minimum Gasteiger partial charge on any atom is -0.383 e. The zero-order chi connectivity index (χ0) is 15.3. The van der Waals surface area contributed by atoms with Crippen molar-refractivity contribution < 1.29 is 17.5 Å². The lowest BCUT2D eigenvalue weighted by Crippen LogP contribution is -2.41. The molecule has 0 aliphatic heterocycles. The average Bonchev–Trinajstić information content (AvgIpc) is 2.39. The molecule has 0 bridgehead atoms. The smallest absolute Gasteiger partial charge is 0.243 e. The molecule has 5 nitrogen and oxygen atoms in total. The molecule has 1 rings (SSSR count). The van der Waals surface area contributed by atoms with E-state index in [1.54, 1.807) is 13.8 Å². The number of rotatable bonds is 7.